The molecule has 2 aromatic carbocycles. The summed E-state index contributed by atoms with van der Waals surface area (Å²) in [4.78, 5) is 23.7. The second-order valence-corrected chi connectivity index (χ2v) is 8.57. The number of benzene rings is 2. The second-order valence-electron chi connectivity index (χ2n) is 8.57. The van der Waals surface area contributed by atoms with Gasteiger partial charge in [0.1, 0.15) is 11.4 Å². The predicted octanol–water partition coefficient (Wildman–Crippen LogP) is 2.17. The van der Waals surface area contributed by atoms with Gasteiger partial charge in [-0.3, -0.25) is 9.48 Å². The number of anilines is 1. The number of nitrogens with one attached hydrogen (secondary N) is 1. The van der Waals surface area contributed by atoms with E-state index in [1.807, 2.05) is 31.4 Å². The van der Waals surface area contributed by atoms with Crippen molar-refractivity contribution in [3.05, 3.63) is 42.2 Å². The Balaban J connectivity index is 1.64. The summed E-state index contributed by atoms with van der Waals surface area (Å²) in [7, 11) is 1.81. The first kappa shape index (κ1) is 20.2. The van der Waals surface area contributed by atoms with E-state index in [0.717, 1.165) is 24.2 Å². The molecular formula is C23H25N7O2. The molecule has 2 unspecified atom stereocenters. The third-order valence-corrected chi connectivity index (χ3v) is 5.81. The highest BCUT2D eigenvalue weighted by atomic mass is 16.3. The first-order chi connectivity index (χ1) is 15.3. The zero-order chi connectivity index (χ0) is 22.6. The minimum Gasteiger partial charge on any atom is -0.507 e. The van der Waals surface area contributed by atoms with E-state index < -0.39 is 5.91 Å². The number of piperazine rings is 1. The lowest BCUT2D eigenvalue weighted by molar-refractivity contribution is 0.0997. The van der Waals surface area contributed by atoms with Gasteiger partial charge in [0.25, 0.3) is 5.91 Å². The van der Waals surface area contributed by atoms with Crippen molar-refractivity contribution in [2.45, 2.75) is 25.9 Å². The number of hydrogen-bond donors (Lipinski definition) is 3. The summed E-state index contributed by atoms with van der Waals surface area (Å²) in [5.74, 6) is -0.405. The van der Waals surface area contributed by atoms with E-state index in [0.29, 0.717) is 34.1 Å². The number of fused-ring (bicyclic) bond motifs is 2. The van der Waals surface area contributed by atoms with Crippen LogP contribution in [0.3, 0.4) is 0 Å². The molecule has 9 nitrogen and oxygen atoms in total. The molecule has 9 heteroatoms. The van der Waals surface area contributed by atoms with Crippen LogP contribution in [0.2, 0.25) is 0 Å². The van der Waals surface area contributed by atoms with Gasteiger partial charge >= 0.3 is 0 Å². The number of primary amides is 1. The van der Waals surface area contributed by atoms with Crippen LogP contribution in [-0.2, 0) is 7.05 Å². The molecule has 2 aromatic heterocycles. The summed E-state index contributed by atoms with van der Waals surface area (Å²) < 4.78 is 1.67. The van der Waals surface area contributed by atoms with Gasteiger partial charge in [0, 0.05) is 60.9 Å². The van der Waals surface area contributed by atoms with Crippen LogP contribution in [0.25, 0.3) is 33.2 Å². The van der Waals surface area contributed by atoms with Crippen molar-refractivity contribution in [3.63, 3.8) is 0 Å². The molecule has 3 heterocycles. The Hall–Kier alpha value is -3.72. The van der Waals surface area contributed by atoms with Crippen molar-refractivity contribution in [2.24, 2.45) is 12.8 Å². The molecule has 5 rings (SSSR count). The molecule has 164 valence electrons. The molecule has 0 radical (unpaired) electrons. The largest absolute Gasteiger partial charge is 0.507 e. The molecule has 4 N–H and O–H groups in total. The van der Waals surface area contributed by atoms with Crippen LogP contribution >= 0.6 is 0 Å². The molecular weight excluding hydrogens is 406 g/mol. The Kier molecular flexibility index (Phi) is 4.70. The Bertz CT molecular complexity index is 1350. The van der Waals surface area contributed by atoms with Crippen molar-refractivity contribution in [1.29, 1.82) is 0 Å². The highest BCUT2D eigenvalue weighted by molar-refractivity contribution is 6.05. The minimum absolute atomic E-state index is 0.00798. The predicted molar refractivity (Wildman–Crippen MR) is 124 cm³/mol. The van der Waals surface area contributed by atoms with Gasteiger partial charge in [-0.2, -0.15) is 5.10 Å². The summed E-state index contributed by atoms with van der Waals surface area (Å²) in [5.41, 5.74) is 8.51. The molecule has 0 aliphatic carbocycles. The number of nitrogens with zero attached hydrogens (tertiary/aromatic N) is 5. The van der Waals surface area contributed by atoms with E-state index in [4.69, 9.17) is 5.73 Å². The van der Waals surface area contributed by atoms with Gasteiger partial charge in [-0.05, 0) is 38.1 Å². The normalized spacial score (nSPS) is 19.0. The summed E-state index contributed by atoms with van der Waals surface area (Å²) in [6.07, 6.45) is 1.84. The molecule has 2 atom stereocenters. The van der Waals surface area contributed by atoms with Crippen LogP contribution in [0, 0.1) is 0 Å². The fourth-order valence-electron chi connectivity index (χ4n) is 4.52. The molecule has 0 spiro atoms. The summed E-state index contributed by atoms with van der Waals surface area (Å²) in [5, 5.41) is 19.8. The number of aromatic hydroxyl groups is 1. The highest BCUT2D eigenvalue weighted by Crippen LogP contribution is 2.33. The minimum atomic E-state index is -0.639. The molecule has 32 heavy (non-hydrogen) atoms. The molecule has 1 fully saturated rings. The maximum absolute atomic E-state index is 12.3. The quantitative estimate of drug-likeness (QED) is 0.454. The highest BCUT2D eigenvalue weighted by Gasteiger charge is 2.23. The van der Waals surface area contributed by atoms with Crippen LogP contribution in [0.1, 0.15) is 24.3 Å². The molecule has 0 saturated carbocycles. The Morgan fingerprint density at radius 3 is 2.59 bits per heavy atom. The number of aromatic nitrogens is 4. The number of amides is 1. The first-order valence-electron chi connectivity index (χ1n) is 10.6. The smallest absolute Gasteiger partial charge is 0.268 e. The van der Waals surface area contributed by atoms with E-state index in [9.17, 15) is 9.90 Å². The van der Waals surface area contributed by atoms with Crippen LogP contribution in [0.5, 0.6) is 5.75 Å². The van der Waals surface area contributed by atoms with Gasteiger partial charge in [-0.15, -0.1) is 0 Å². The lowest BCUT2D eigenvalue weighted by atomic mass is 10.1. The van der Waals surface area contributed by atoms with Gasteiger partial charge in [0.05, 0.1) is 16.6 Å². The third kappa shape index (κ3) is 3.50. The number of rotatable bonds is 3. The van der Waals surface area contributed by atoms with Crippen molar-refractivity contribution in [2.75, 3.05) is 18.0 Å². The van der Waals surface area contributed by atoms with Gasteiger partial charge < -0.3 is 21.1 Å². The fraction of sp³-hybridized carbons (Fsp3) is 0.304. The van der Waals surface area contributed by atoms with Crippen molar-refractivity contribution < 1.29 is 9.90 Å². The van der Waals surface area contributed by atoms with E-state index in [1.54, 1.807) is 16.8 Å². The topological polar surface area (TPSA) is 122 Å². The maximum atomic E-state index is 12.3. The van der Waals surface area contributed by atoms with Crippen LogP contribution < -0.4 is 16.0 Å². The van der Waals surface area contributed by atoms with E-state index in [-0.39, 0.29) is 17.3 Å². The molecule has 1 amide bonds. The van der Waals surface area contributed by atoms with Gasteiger partial charge in [0.15, 0.2) is 5.82 Å². The standard InChI is InChI=1S/C23H25N7O2/c1-12-9-30(10-13(2)25-12)15-4-5-18-16(7-15)21(22(24)32)27-23(26-18)17-6-14-11-29(3)28-19(14)8-20(17)31/h4-8,11-13,25,31H,9-10H2,1-3H3,(H2,24,32). The number of nitrogens with two attached hydrogens (primary N) is 1. The van der Waals surface area contributed by atoms with Crippen molar-refractivity contribution in [3.8, 4) is 17.1 Å². The monoisotopic (exact) mass is 431 g/mol. The van der Waals surface area contributed by atoms with Crippen molar-refractivity contribution >= 4 is 33.4 Å². The first-order valence-corrected chi connectivity index (χ1v) is 10.6. The van der Waals surface area contributed by atoms with E-state index in [2.05, 4.69) is 39.1 Å². The molecule has 1 aliphatic heterocycles. The fourth-order valence-corrected chi connectivity index (χ4v) is 4.52. The number of phenols is 1. The summed E-state index contributed by atoms with van der Waals surface area (Å²) in [6, 6.07) is 9.84. The number of hydrogen-bond acceptors (Lipinski definition) is 7. The number of carbonyl (C=O) groups excluding carboxylic acids is 1. The Morgan fingerprint density at radius 2 is 1.88 bits per heavy atom. The average molecular weight is 432 g/mol. The van der Waals surface area contributed by atoms with Gasteiger partial charge in [-0.1, -0.05) is 0 Å². The Labute approximate surface area is 184 Å². The SMILES string of the molecule is CC1CN(c2ccc3nc(-c4cc5cn(C)nc5cc4O)nc(C(N)=O)c3c2)CC(C)N1. The van der Waals surface area contributed by atoms with Gasteiger partial charge in [-0.25, -0.2) is 9.97 Å². The van der Waals surface area contributed by atoms with Crippen LogP contribution in [-0.4, -0.2) is 55.9 Å². The molecule has 4 aromatic rings. The molecule has 1 saturated heterocycles. The maximum Gasteiger partial charge on any atom is 0.268 e. The summed E-state index contributed by atoms with van der Waals surface area (Å²) in [6.45, 7) is 6.03. The van der Waals surface area contributed by atoms with Crippen molar-refractivity contribution in [1.82, 2.24) is 25.1 Å². The zero-order valence-corrected chi connectivity index (χ0v) is 18.2. The number of aryl methyl sites for hydroxylation is 1. The van der Waals surface area contributed by atoms with E-state index >= 15 is 0 Å². The molecule has 0 bridgehead atoms. The second kappa shape index (κ2) is 7.45. The summed E-state index contributed by atoms with van der Waals surface area (Å²) >= 11 is 0. The Morgan fingerprint density at radius 1 is 1.12 bits per heavy atom. The zero-order valence-electron chi connectivity index (χ0n) is 18.2. The average Bonchev–Trinajstić information content (AvgIpc) is 3.09. The van der Waals surface area contributed by atoms with Gasteiger partial charge in [0.2, 0.25) is 0 Å². The van der Waals surface area contributed by atoms with Crippen LogP contribution in [0.15, 0.2) is 36.5 Å². The van der Waals surface area contributed by atoms with E-state index in [1.165, 1.54) is 0 Å². The lowest BCUT2D eigenvalue weighted by Gasteiger charge is -2.37. The third-order valence-electron chi connectivity index (χ3n) is 5.81. The molecule has 1 aliphatic rings. The van der Waals surface area contributed by atoms with Crippen LogP contribution in [0.4, 0.5) is 5.69 Å². The number of phenolic OH excluding ortho intramolecular Hbond substituents is 1. The number of carbonyl (C=O) groups is 1. The lowest BCUT2D eigenvalue weighted by Crippen LogP contribution is -2.54.